The summed E-state index contributed by atoms with van der Waals surface area (Å²) in [5.74, 6) is -2.02. The van der Waals surface area contributed by atoms with Crippen LogP contribution in [0.2, 0.25) is 0 Å². The van der Waals surface area contributed by atoms with Gasteiger partial charge in [-0.25, -0.2) is 0 Å². The molecule has 0 spiro atoms. The number of ether oxygens (including phenoxy) is 6. The predicted molar refractivity (Wildman–Crippen MR) is 142 cm³/mol. The Morgan fingerprint density at radius 1 is 0.868 bits per heavy atom. The molecule has 0 N–H and O–H groups in total. The molecule has 0 amide bonds. The fourth-order valence-electron chi connectivity index (χ4n) is 5.36. The van der Waals surface area contributed by atoms with Gasteiger partial charge in [-0.15, -0.1) is 0 Å². The van der Waals surface area contributed by atoms with E-state index in [2.05, 4.69) is 24.3 Å². The first-order chi connectivity index (χ1) is 18.2. The lowest BCUT2D eigenvalue weighted by atomic mass is 10.1. The van der Waals surface area contributed by atoms with E-state index in [-0.39, 0.29) is 0 Å². The maximum absolute atomic E-state index is 13.9. The van der Waals surface area contributed by atoms with E-state index in [0.29, 0.717) is 12.2 Å². The van der Waals surface area contributed by atoms with Crippen molar-refractivity contribution in [3.8, 4) is 0 Å². The normalized spacial score (nSPS) is 32.4. The summed E-state index contributed by atoms with van der Waals surface area (Å²) in [5, 5.41) is 17.1. The van der Waals surface area contributed by atoms with Crippen molar-refractivity contribution in [3.05, 3.63) is 95.7 Å². The molecule has 0 aromatic heterocycles. The van der Waals surface area contributed by atoms with Crippen LogP contribution in [0.15, 0.2) is 95.7 Å². The Bertz CT molecular complexity index is 1210. The van der Waals surface area contributed by atoms with Crippen LogP contribution in [0.5, 0.6) is 0 Å². The van der Waals surface area contributed by atoms with Crippen molar-refractivity contribution in [2.45, 2.75) is 70.0 Å². The van der Waals surface area contributed by atoms with Gasteiger partial charge in [-0.1, -0.05) is 78.9 Å². The van der Waals surface area contributed by atoms with Gasteiger partial charge < -0.3 is 33.5 Å². The minimum Gasteiger partial charge on any atom is -0.604 e. The molecule has 8 heteroatoms. The van der Waals surface area contributed by atoms with Crippen LogP contribution >= 0.6 is 7.92 Å². The lowest BCUT2D eigenvalue weighted by Gasteiger charge is -2.35. The third-order valence-electron chi connectivity index (χ3n) is 6.95. The molecule has 5 atom stereocenters. The minimum absolute atomic E-state index is 0.323. The summed E-state index contributed by atoms with van der Waals surface area (Å²) in [7, 11) is -0.972. The Morgan fingerprint density at radius 2 is 1.53 bits per heavy atom. The monoisotopic (exact) mass is 535 g/mol. The maximum atomic E-state index is 13.9. The average Bonchev–Trinajstić information content (AvgIpc) is 3.64. The molecule has 3 heterocycles. The Morgan fingerprint density at radius 3 is 2.13 bits per heavy atom. The summed E-state index contributed by atoms with van der Waals surface area (Å²) in [6.45, 7) is 7.67. The van der Waals surface area contributed by atoms with Crippen molar-refractivity contribution >= 4 is 18.5 Å². The molecule has 3 aliphatic heterocycles. The molecular weight excluding hydrogens is 503 g/mol. The van der Waals surface area contributed by atoms with Crippen molar-refractivity contribution in [1.82, 2.24) is 0 Å². The molecular formula is C30H32O7P-. The van der Waals surface area contributed by atoms with Gasteiger partial charge in [0.15, 0.2) is 17.9 Å². The van der Waals surface area contributed by atoms with E-state index >= 15 is 0 Å². The van der Waals surface area contributed by atoms with E-state index in [0.717, 1.165) is 15.9 Å². The largest absolute Gasteiger partial charge is 0.604 e. The minimum atomic E-state index is -0.972. The molecule has 200 valence electrons. The highest BCUT2D eigenvalue weighted by atomic mass is 31.1. The van der Waals surface area contributed by atoms with E-state index in [1.54, 1.807) is 0 Å². The number of allylic oxidation sites excluding steroid dienone is 5. The van der Waals surface area contributed by atoms with Gasteiger partial charge in [0.1, 0.15) is 18.3 Å². The fraction of sp³-hybridized carbons (Fsp3) is 0.400. The quantitative estimate of drug-likeness (QED) is 0.414. The van der Waals surface area contributed by atoms with E-state index in [9.17, 15) is 5.11 Å². The standard InChI is InChI=1S/C30H33O7P/c1-29(2)32-18-22(35-29)24-25(26-28(34-24)37-30(3,4)36-26)33-27(31)21-16-11-17-23(21)38(19-12-7-5-8-13-19)20-14-9-6-10-15-20/h5-17,22,24-26,28,31H,18H2,1-4H3/p-1/b27-21-/t22?,24-,25+,26-,28-/m1/s1. The lowest BCUT2D eigenvalue weighted by Crippen LogP contribution is -2.45. The highest BCUT2D eigenvalue weighted by molar-refractivity contribution is 7.77. The van der Waals surface area contributed by atoms with Gasteiger partial charge in [0.25, 0.3) is 0 Å². The number of hydrogen-bond acceptors (Lipinski definition) is 7. The molecule has 1 aliphatic carbocycles. The summed E-state index contributed by atoms with van der Waals surface area (Å²) >= 11 is 0. The summed E-state index contributed by atoms with van der Waals surface area (Å²) in [6.07, 6.45) is 2.78. The summed E-state index contributed by atoms with van der Waals surface area (Å²) < 4.78 is 36.4. The summed E-state index contributed by atoms with van der Waals surface area (Å²) in [4.78, 5) is 0. The van der Waals surface area contributed by atoms with Gasteiger partial charge in [-0.05, 0) is 51.5 Å². The highest BCUT2D eigenvalue weighted by Crippen LogP contribution is 2.50. The van der Waals surface area contributed by atoms with Crippen LogP contribution in [0, 0.1) is 0 Å². The molecule has 38 heavy (non-hydrogen) atoms. The first-order valence-corrected chi connectivity index (χ1v) is 14.2. The van der Waals surface area contributed by atoms with E-state index in [4.69, 9.17) is 28.4 Å². The fourth-order valence-corrected chi connectivity index (χ4v) is 7.80. The van der Waals surface area contributed by atoms with Gasteiger partial charge in [0, 0.05) is 5.57 Å². The molecule has 0 radical (unpaired) electrons. The highest BCUT2D eigenvalue weighted by Gasteiger charge is 2.57. The molecule has 3 saturated heterocycles. The van der Waals surface area contributed by atoms with Crippen LogP contribution in [0.1, 0.15) is 27.7 Å². The topological polar surface area (TPSA) is 78.4 Å². The molecule has 0 saturated carbocycles. The zero-order chi connectivity index (χ0) is 26.5. The first kappa shape index (κ1) is 25.8. The second-order valence-electron chi connectivity index (χ2n) is 10.6. The van der Waals surface area contributed by atoms with E-state index in [1.165, 1.54) is 0 Å². The smallest absolute Gasteiger partial charge is 0.188 e. The van der Waals surface area contributed by atoms with Gasteiger partial charge in [0.2, 0.25) is 0 Å². The summed E-state index contributed by atoms with van der Waals surface area (Å²) in [5.41, 5.74) is 0.535. The molecule has 0 bridgehead atoms. The van der Waals surface area contributed by atoms with Crippen molar-refractivity contribution in [3.63, 3.8) is 0 Å². The second-order valence-corrected chi connectivity index (χ2v) is 12.8. The van der Waals surface area contributed by atoms with Crippen LogP contribution in [0.4, 0.5) is 0 Å². The van der Waals surface area contributed by atoms with Crippen LogP contribution in [0.3, 0.4) is 0 Å². The molecule has 6 rings (SSSR count). The van der Waals surface area contributed by atoms with Crippen molar-refractivity contribution in [2.75, 3.05) is 6.61 Å². The van der Waals surface area contributed by atoms with Crippen LogP contribution in [-0.4, -0.2) is 48.9 Å². The molecule has 3 fully saturated rings. The SMILES string of the molecule is CC1(C)OCC([C@H]2O[C@@H]3OC(C)(C)O[C@@H]3[C@H]2O/C([O-])=C2/C=CC=C2P(c2ccccc2)c2ccccc2)O1. The molecule has 7 nitrogen and oxygen atoms in total. The number of rotatable bonds is 6. The van der Waals surface area contributed by atoms with Crippen LogP contribution < -0.4 is 15.7 Å². The third kappa shape index (κ3) is 4.95. The predicted octanol–water partition coefficient (Wildman–Crippen LogP) is 3.56. The lowest BCUT2D eigenvalue weighted by molar-refractivity contribution is -0.370. The Labute approximate surface area is 224 Å². The van der Waals surface area contributed by atoms with Gasteiger partial charge >= 0.3 is 0 Å². The van der Waals surface area contributed by atoms with Crippen molar-refractivity contribution in [1.29, 1.82) is 0 Å². The van der Waals surface area contributed by atoms with Gasteiger partial charge in [0.05, 0.1) is 18.7 Å². The number of hydrogen-bond donors (Lipinski definition) is 0. The average molecular weight is 536 g/mol. The first-order valence-electron chi connectivity index (χ1n) is 12.9. The molecule has 4 aliphatic rings. The number of benzene rings is 2. The van der Waals surface area contributed by atoms with Gasteiger partial charge in [-0.3, -0.25) is 0 Å². The van der Waals surface area contributed by atoms with Crippen LogP contribution in [0.25, 0.3) is 0 Å². The Hall–Kier alpha value is -2.51. The second kappa shape index (κ2) is 9.91. The van der Waals surface area contributed by atoms with Crippen LogP contribution in [-0.2, 0) is 28.4 Å². The summed E-state index contributed by atoms with van der Waals surface area (Å²) in [6, 6.07) is 20.5. The Kier molecular flexibility index (Phi) is 6.71. The van der Waals surface area contributed by atoms with Gasteiger partial charge in [-0.2, -0.15) is 0 Å². The zero-order valence-corrected chi connectivity index (χ0v) is 22.8. The molecule has 2 aromatic carbocycles. The molecule has 1 unspecified atom stereocenters. The molecule has 2 aromatic rings. The third-order valence-corrected chi connectivity index (χ3v) is 9.45. The van der Waals surface area contributed by atoms with Crippen molar-refractivity contribution < 1.29 is 33.5 Å². The van der Waals surface area contributed by atoms with E-state index in [1.807, 2.05) is 82.3 Å². The van der Waals surface area contributed by atoms with E-state index < -0.39 is 56.1 Å². The van der Waals surface area contributed by atoms with Crippen molar-refractivity contribution in [2.24, 2.45) is 0 Å². The zero-order valence-electron chi connectivity index (χ0n) is 21.9. The maximum Gasteiger partial charge on any atom is 0.188 e. The number of fused-ring (bicyclic) bond motifs is 1. The Balaban J connectivity index is 1.33.